The van der Waals surface area contributed by atoms with Gasteiger partial charge in [0.15, 0.2) is 5.65 Å². The van der Waals surface area contributed by atoms with Crippen molar-refractivity contribution in [2.45, 2.75) is 6.92 Å². The zero-order valence-electron chi connectivity index (χ0n) is 18.1. The van der Waals surface area contributed by atoms with Crippen molar-refractivity contribution in [2.24, 2.45) is 0 Å². The summed E-state index contributed by atoms with van der Waals surface area (Å²) in [7, 11) is 0. The molecule has 0 amide bonds. The van der Waals surface area contributed by atoms with Crippen LogP contribution in [0.15, 0.2) is 66.9 Å². The van der Waals surface area contributed by atoms with Gasteiger partial charge in [0.1, 0.15) is 18.2 Å². The van der Waals surface area contributed by atoms with Crippen LogP contribution in [0.4, 0.5) is 5.82 Å². The molecule has 3 heterocycles. The molecule has 32 heavy (non-hydrogen) atoms. The van der Waals surface area contributed by atoms with E-state index in [2.05, 4.69) is 40.0 Å². The average molecular weight is 448 g/mol. The number of nitrogens with zero attached hydrogens (tertiary/aromatic N) is 5. The van der Waals surface area contributed by atoms with Crippen LogP contribution in [0.1, 0.15) is 5.69 Å². The third-order valence-corrected chi connectivity index (χ3v) is 6.10. The lowest BCUT2D eigenvalue weighted by atomic mass is 10.1. The lowest BCUT2D eigenvalue weighted by Crippen LogP contribution is -2.48. The highest BCUT2D eigenvalue weighted by molar-refractivity contribution is 6.30. The predicted octanol–water partition coefficient (Wildman–Crippen LogP) is 4.56. The summed E-state index contributed by atoms with van der Waals surface area (Å²) < 4.78 is 7.84. The van der Waals surface area contributed by atoms with Crippen LogP contribution in [0.25, 0.3) is 16.8 Å². The van der Waals surface area contributed by atoms with Crippen LogP contribution < -0.4 is 9.64 Å². The molecule has 0 atom stereocenters. The first-order valence-electron chi connectivity index (χ1n) is 10.9. The first-order valence-corrected chi connectivity index (χ1v) is 11.3. The standard InChI is InChI=1S/C25H26ClN5O/c1-19-17-24(31-25(28-19)23(18-27-31)20-5-3-2-4-6-20)30-13-11-29(12-14-30)15-16-32-22-9-7-21(26)8-10-22/h2-10,17-18H,11-16H2,1H3. The number of ether oxygens (including phenoxy) is 1. The third kappa shape index (κ3) is 4.42. The topological polar surface area (TPSA) is 45.9 Å². The molecule has 1 saturated heterocycles. The van der Waals surface area contributed by atoms with Gasteiger partial charge in [-0.25, -0.2) is 4.98 Å². The monoisotopic (exact) mass is 447 g/mol. The van der Waals surface area contributed by atoms with E-state index in [9.17, 15) is 0 Å². The molecule has 0 N–H and O–H groups in total. The van der Waals surface area contributed by atoms with Crippen molar-refractivity contribution >= 4 is 23.1 Å². The second-order valence-electron chi connectivity index (χ2n) is 8.05. The van der Waals surface area contributed by atoms with Crippen LogP contribution in [-0.2, 0) is 0 Å². The summed E-state index contributed by atoms with van der Waals surface area (Å²) in [6, 6.07) is 20.0. The van der Waals surface area contributed by atoms with Crippen LogP contribution in [0.2, 0.25) is 5.02 Å². The first kappa shape index (κ1) is 20.8. The lowest BCUT2D eigenvalue weighted by Gasteiger charge is -2.36. The molecule has 0 bridgehead atoms. The van der Waals surface area contributed by atoms with Crippen molar-refractivity contribution in [3.8, 4) is 16.9 Å². The fourth-order valence-electron chi connectivity index (χ4n) is 4.14. The first-order chi connectivity index (χ1) is 15.7. The van der Waals surface area contributed by atoms with Gasteiger partial charge >= 0.3 is 0 Å². The third-order valence-electron chi connectivity index (χ3n) is 5.85. The molecule has 4 aromatic rings. The van der Waals surface area contributed by atoms with Gasteiger partial charge in [0.05, 0.1) is 6.20 Å². The smallest absolute Gasteiger partial charge is 0.165 e. The second kappa shape index (κ2) is 9.18. The number of halogens is 1. The van der Waals surface area contributed by atoms with Crippen LogP contribution in [0, 0.1) is 6.92 Å². The fraction of sp³-hybridized carbons (Fsp3) is 0.280. The Kier molecular flexibility index (Phi) is 5.97. The summed E-state index contributed by atoms with van der Waals surface area (Å²) in [4.78, 5) is 9.64. The number of aryl methyl sites for hydroxylation is 1. The van der Waals surface area contributed by atoms with Crippen molar-refractivity contribution in [3.05, 3.63) is 77.6 Å². The Morgan fingerprint density at radius 3 is 2.47 bits per heavy atom. The van der Waals surface area contributed by atoms with E-state index < -0.39 is 0 Å². The summed E-state index contributed by atoms with van der Waals surface area (Å²) in [6.07, 6.45) is 1.92. The van der Waals surface area contributed by atoms with Crippen molar-refractivity contribution in [2.75, 3.05) is 44.2 Å². The van der Waals surface area contributed by atoms with Gasteiger partial charge in [-0.05, 0) is 36.8 Å². The van der Waals surface area contributed by atoms with E-state index in [1.54, 1.807) is 0 Å². The van der Waals surface area contributed by atoms with Gasteiger partial charge in [0, 0.05) is 55.1 Å². The molecule has 2 aromatic heterocycles. The Labute approximate surface area is 193 Å². The number of aromatic nitrogens is 3. The fourth-order valence-corrected chi connectivity index (χ4v) is 4.26. The average Bonchev–Trinajstić information content (AvgIpc) is 3.25. The lowest BCUT2D eigenvalue weighted by molar-refractivity contribution is 0.200. The minimum Gasteiger partial charge on any atom is -0.492 e. The van der Waals surface area contributed by atoms with Crippen molar-refractivity contribution in [3.63, 3.8) is 0 Å². The van der Waals surface area contributed by atoms with Crippen molar-refractivity contribution in [1.29, 1.82) is 0 Å². The van der Waals surface area contributed by atoms with E-state index in [1.165, 1.54) is 0 Å². The Morgan fingerprint density at radius 1 is 0.969 bits per heavy atom. The quantitative estimate of drug-likeness (QED) is 0.433. The zero-order chi connectivity index (χ0) is 21.9. The number of piperazine rings is 1. The molecule has 0 unspecified atom stereocenters. The van der Waals surface area contributed by atoms with Crippen LogP contribution in [0.3, 0.4) is 0 Å². The maximum absolute atomic E-state index is 5.93. The zero-order valence-corrected chi connectivity index (χ0v) is 18.9. The number of anilines is 1. The number of rotatable bonds is 6. The van der Waals surface area contributed by atoms with Gasteiger partial charge in [-0.2, -0.15) is 9.61 Å². The molecule has 6 nitrogen and oxygen atoms in total. The number of fused-ring (bicyclic) bond motifs is 1. The Balaban J connectivity index is 1.25. The molecule has 0 saturated carbocycles. The summed E-state index contributed by atoms with van der Waals surface area (Å²) in [6.45, 7) is 7.48. The highest BCUT2D eigenvalue weighted by Crippen LogP contribution is 2.27. The van der Waals surface area contributed by atoms with Gasteiger partial charge in [-0.15, -0.1) is 0 Å². The molecule has 7 heteroatoms. The molecule has 0 aliphatic carbocycles. The number of hydrogen-bond acceptors (Lipinski definition) is 5. The molecule has 0 radical (unpaired) electrons. The van der Waals surface area contributed by atoms with E-state index in [0.717, 1.165) is 71.8 Å². The predicted molar refractivity (Wildman–Crippen MR) is 129 cm³/mol. The van der Waals surface area contributed by atoms with E-state index in [4.69, 9.17) is 21.3 Å². The minimum absolute atomic E-state index is 0.667. The molecule has 164 valence electrons. The summed E-state index contributed by atoms with van der Waals surface area (Å²) >= 11 is 5.93. The SMILES string of the molecule is Cc1cc(N2CCN(CCOc3ccc(Cl)cc3)CC2)n2ncc(-c3ccccc3)c2n1. The Morgan fingerprint density at radius 2 is 1.72 bits per heavy atom. The highest BCUT2D eigenvalue weighted by atomic mass is 35.5. The number of hydrogen-bond donors (Lipinski definition) is 0. The van der Waals surface area contributed by atoms with Gasteiger partial charge in [-0.1, -0.05) is 41.9 Å². The van der Waals surface area contributed by atoms with Gasteiger partial charge in [0.25, 0.3) is 0 Å². The van der Waals surface area contributed by atoms with Gasteiger partial charge < -0.3 is 9.64 Å². The van der Waals surface area contributed by atoms with E-state index in [1.807, 2.05) is 53.2 Å². The van der Waals surface area contributed by atoms with E-state index in [-0.39, 0.29) is 0 Å². The normalized spacial score (nSPS) is 14.8. The van der Waals surface area contributed by atoms with Crippen molar-refractivity contribution in [1.82, 2.24) is 19.5 Å². The highest BCUT2D eigenvalue weighted by Gasteiger charge is 2.21. The largest absolute Gasteiger partial charge is 0.492 e. The van der Waals surface area contributed by atoms with E-state index in [0.29, 0.717) is 6.61 Å². The van der Waals surface area contributed by atoms with Crippen LogP contribution in [0.5, 0.6) is 5.75 Å². The van der Waals surface area contributed by atoms with Crippen LogP contribution in [-0.4, -0.2) is 58.8 Å². The maximum atomic E-state index is 5.93. The van der Waals surface area contributed by atoms with Crippen LogP contribution >= 0.6 is 11.6 Å². The van der Waals surface area contributed by atoms with Crippen molar-refractivity contribution < 1.29 is 4.74 Å². The molecular weight excluding hydrogens is 422 g/mol. The molecule has 0 spiro atoms. The Hall–Kier alpha value is -3.09. The molecule has 2 aromatic carbocycles. The minimum atomic E-state index is 0.667. The Bertz CT molecular complexity index is 1180. The maximum Gasteiger partial charge on any atom is 0.165 e. The van der Waals surface area contributed by atoms with Gasteiger partial charge in [0.2, 0.25) is 0 Å². The molecule has 1 fully saturated rings. The molecule has 5 rings (SSSR count). The summed E-state index contributed by atoms with van der Waals surface area (Å²) in [5.74, 6) is 1.96. The number of benzene rings is 2. The van der Waals surface area contributed by atoms with Gasteiger partial charge in [-0.3, -0.25) is 4.90 Å². The molecule has 1 aliphatic heterocycles. The molecule has 1 aliphatic rings. The molecular formula is C25H26ClN5O. The summed E-state index contributed by atoms with van der Waals surface area (Å²) in [5, 5.41) is 5.41. The second-order valence-corrected chi connectivity index (χ2v) is 8.48. The summed E-state index contributed by atoms with van der Waals surface area (Å²) in [5.41, 5.74) is 4.11. The van der Waals surface area contributed by atoms with E-state index >= 15 is 0 Å².